The highest BCUT2D eigenvalue weighted by atomic mass is 127. The summed E-state index contributed by atoms with van der Waals surface area (Å²) in [6.45, 7) is 4.85. The van der Waals surface area contributed by atoms with Crippen LogP contribution >= 0.6 is 24.0 Å². The highest BCUT2D eigenvalue weighted by Gasteiger charge is 2.23. The molecule has 1 aliphatic heterocycles. The molecule has 0 aromatic heterocycles. The molecule has 1 aromatic carbocycles. The molecule has 1 aromatic rings. The van der Waals surface area contributed by atoms with Gasteiger partial charge in [0.1, 0.15) is 6.54 Å². The smallest absolute Gasteiger partial charge is 0.248 e. The zero-order valence-electron chi connectivity index (χ0n) is 13.5. The maximum absolute atomic E-state index is 12.2. The molecule has 0 saturated heterocycles. The molecule has 1 heterocycles. The average molecular weight is 432 g/mol. The summed E-state index contributed by atoms with van der Waals surface area (Å²) in [5.41, 5.74) is 7.96. The van der Waals surface area contributed by atoms with Crippen molar-refractivity contribution in [2.45, 2.75) is 19.8 Å². The number of ether oxygens (including phenoxy) is 1. The monoisotopic (exact) mass is 432 g/mol. The van der Waals surface area contributed by atoms with Crippen molar-refractivity contribution in [3.63, 3.8) is 0 Å². The highest BCUT2D eigenvalue weighted by Crippen LogP contribution is 2.27. The third kappa shape index (κ3) is 5.98. The molecule has 1 aliphatic rings. The van der Waals surface area contributed by atoms with Crippen molar-refractivity contribution in [1.82, 2.24) is 5.32 Å². The molecule has 0 fully saturated rings. The Morgan fingerprint density at radius 1 is 1.43 bits per heavy atom. The summed E-state index contributed by atoms with van der Waals surface area (Å²) >= 11 is 0. The number of halogens is 1. The number of nitrogens with zero attached hydrogens (tertiary/aromatic N) is 2. The number of rotatable bonds is 7. The van der Waals surface area contributed by atoms with Gasteiger partial charge < -0.3 is 20.7 Å². The molecule has 6 nitrogen and oxygen atoms in total. The van der Waals surface area contributed by atoms with Gasteiger partial charge in [0.05, 0.1) is 0 Å². The molecular weight excluding hydrogens is 407 g/mol. The first-order chi connectivity index (χ1) is 10.7. The molecule has 23 heavy (non-hydrogen) atoms. The number of guanidine groups is 1. The van der Waals surface area contributed by atoms with Gasteiger partial charge in [-0.3, -0.25) is 4.79 Å². The van der Waals surface area contributed by atoms with Crippen molar-refractivity contribution in [2.75, 3.05) is 37.7 Å². The Bertz CT molecular complexity index is 537. The molecule has 0 saturated carbocycles. The average Bonchev–Trinajstić information content (AvgIpc) is 2.96. The van der Waals surface area contributed by atoms with E-state index in [0.29, 0.717) is 19.1 Å². The minimum absolute atomic E-state index is 0. The molecule has 128 valence electrons. The Labute approximate surface area is 154 Å². The van der Waals surface area contributed by atoms with Crippen molar-refractivity contribution >= 4 is 41.5 Å². The SMILES string of the molecule is CCOCCCNC(N)=NCC(=O)N1CCc2ccccc21.I. The number of hydrogen-bond acceptors (Lipinski definition) is 3. The lowest BCUT2D eigenvalue weighted by Crippen LogP contribution is -2.36. The third-order valence-electron chi connectivity index (χ3n) is 3.55. The number of fused-ring (bicyclic) bond motifs is 1. The second-order valence-corrected chi connectivity index (χ2v) is 5.10. The largest absolute Gasteiger partial charge is 0.382 e. The number of nitrogens with two attached hydrogens (primary N) is 1. The molecule has 3 N–H and O–H groups in total. The number of nitrogens with one attached hydrogen (secondary N) is 1. The van der Waals surface area contributed by atoms with Gasteiger partial charge in [0, 0.05) is 32.0 Å². The van der Waals surface area contributed by atoms with Crippen molar-refractivity contribution in [2.24, 2.45) is 10.7 Å². The Morgan fingerprint density at radius 2 is 2.22 bits per heavy atom. The zero-order chi connectivity index (χ0) is 15.8. The van der Waals surface area contributed by atoms with E-state index >= 15 is 0 Å². The minimum Gasteiger partial charge on any atom is -0.382 e. The zero-order valence-corrected chi connectivity index (χ0v) is 15.8. The van der Waals surface area contributed by atoms with Gasteiger partial charge in [-0.2, -0.15) is 0 Å². The fourth-order valence-electron chi connectivity index (χ4n) is 2.43. The summed E-state index contributed by atoms with van der Waals surface area (Å²) in [6, 6.07) is 7.97. The lowest BCUT2D eigenvalue weighted by molar-refractivity contribution is -0.117. The molecule has 0 radical (unpaired) electrons. The first-order valence-corrected chi connectivity index (χ1v) is 7.72. The van der Waals surface area contributed by atoms with Gasteiger partial charge in [0.15, 0.2) is 5.96 Å². The van der Waals surface area contributed by atoms with Crippen LogP contribution in [-0.4, -0.2) is 44.7 Å². The van der Waals surface area contributed by atoms with Crippen LogP contribution in [0.1, 0.15) is 18.9 Å². The molecule has 0 spiro atoms. The third-order valence-corrected chi connectivity index (χ3v) is 3.55. The Balaban J connectivity index is 0.00000264. The maximum Gasteiger partial charge on any atom is 0.248 e. The van der Waals surface area contributed by atoms with E-state index in [1.165, 1.54) is 5.56 Å². The predicted molar refractivity (Wildman–Crippen MR) is 104 cm³/mol. The summed E-state index contributed by atoms with van der Waals surface area (Å²) in [4.78, 5) is 18.1. The molecule has 0 bridgehead atoms. The second kappa shape index (κ2) is 10.4. The number of carbonyl (C=O) groups excluding carboxylic acids is 1. The van der Waals surface area contributed by atoms with Crippen LogP contribution in [0.3, 0.4) is 0 Å². The molecule has 2 rings (SSSR count). The molecule has 7 heteroatoms. The van der Waals surface area contributed by atoms with E-state index in [9.17, 15) is 4.79 Å². The number of benzene rings is 1. The topological polar surface area (TPSA) is 80.0 Å². The number of aliphatic imine (C=N–C) groups is 1. The Hall–Kier alpha value is -1.35. The van der Waals surface area contributed by atoms with Crippen LogP contribution in [0.4, 0.5) is 5.69 Å². The van der Waals surface area contributed by atoms with E-state index in [-0.39, 0.29) is 36.4 Å². The van der Waals surface area contributed by atoms with Crippen molar-refractivity contribution in [3.05, 3.63) is 29.8 Å². The van der Waals surface area contributed by atoms with Gasteiger partial charge in [-0.25, -0.2) is 4.99 Å². The Kier molecular flexibility index (Phi) is 8.93. The van der Waals surface area contributed by atoms with Gasteiger partial charge in [0.2, 0.25) is 5.91 Å². The lowest BCUT2D eigenvalue weighted by atomic mass is 10.2. The summed E-state index contributed by atoms with van der Waals surface area (Å²) in [5.74, 6) is 0.279. The summed E-state index contributed by atoms with van der Waals surface area (Å²) < 4.78 is 5.23. The van der Waals surface area contributed by atoms with Crippen LogP contribution in [0, 0.1) is 0 Å². The van der Waals surface area contributed by atoms with Gasteiger partial charge in [-0.05, 0) is 31.4 Å². The van der Waals surface area contributed by atoms with Gasteiger partial charge >= 0.3 is 0 Å². The molecule has 1 amide bonds. The summed E-state index contributed by atoms with van der Waals surface area (Å²) in [5, 5.41) is 2.98. The Morgan fingerprint density at radius 3 is 3.00 bits per heavy atom. The summed E-state index contributed by atoms with van der Waals surface area (Å²) in [6.07, 6.45) is 1.76. The van der Waals surface area contributed by atoms with Crippen LogP contribution < -0.4 is 16.0 Å². The van der Waals surface area contributed by atoms with E-state index < -0.39 is 0 Å². The number of hydrogen-bond donors (Lipinski definition) is 2. The predicted octanol–water partition coefficient (Wildman–Crippen LogP) is 1.52. The van der Waals surface area contributed by atoms with Crippen molar-refractivity contribution in [1.29, 1.82) is 0 Å². The normalized spacial score (nSPS) is 13.4. The van der Waals surface area contributed by atoms with Gasteiger partial charge in [-0.15, -0.1) is 24.0 Å². The van der Waals surface area contributed by atoms with Gasteiger partial charge in [0.25, 0.3) is 0 Å². The standard InChI is InChI=1S/C16H24N4O2.HI/c1-2-22-11-5-9-18-16(17)19-12-15(21)20-10-8-13-6-3-4-7-14(13)20;/h3-4,6-7H,2,5,8-12H2,1H3,(H3,17,18,19);1H. The maximum atomic E-state index is 12.2. The first kappa shape index (κ1) is 19.7. The van der Waals surface area contributed by atoms with Crippen LogP contribution in [0.2, 0.25) is 0 Å². The van der Waals surface area contributed by atoms with E-state index in [4.69, 9.17) is 10.5 Å². The quantitative estimate of drug-likeness (QED) is 0.297. The van der Waals surface area contributed by atoms with Crippen molar-refractivity contribution in [3.8, 4) is 0 Å². The first-order valence-electron chi connectivity index (χ1n) is 7.72. The molecular formula is C16H25IN4O2. The summed E-state index contributed by atoms with van der Waals surface area (Å²) in [7, 11) is 0. The van der Waals surface area contributed by atoms with E-state index in [1.54, 1.807) is 4.90 Å². The number of para-hydroxylation sites is 1. The van der Waals surface area contributed by atoms with Crippen molar-refractivity contribution < 1.29 is 9.53 Å². The molecule has 0 unspecified atom stereocenters. The molecule has 0 aliphatic carbocycles. The number of carbonyl (C=O) groups is 1. The fourth-order valence-corrected chi connectivity index (χ4v) is 2.43. The number of amides is 1. The number of anilines is 1. The minimum atomic E-state index is -0.0241. The van der Waals surface area contributed by atoms with Crippen LogP contribution in [-0.2, 0) is 16.0 Å². The highest BCUT2D eigenvalue weighted by molar-refractivity contribution is 14.0. The lowest BCUT2D eigenvalue weighted by Gasteiger charge is -2.16. The van der Waals surface area contributed by atoms with Crippen LogP contribution in [0.25, 0.3) is 0 Å². The van der Waals surface area contributed by atoms with Crippen LogP contribution in [0.15, 0.2) is 29.3 Å². The van der Waals surface area contributed by atoms with E-state index in [1.807, 2.05) is 25.1 Å². The fraction of sp³-hybridized carbons (Fsp3) is 0.500. The van der Waals surface area contributed by atoms with Gasteiger partial charge in [-0.1, -0.05) is 18.2 Å². The van der Waals surface area contributed by atoms with E-state index in [2.05, 4.69) is 16.4 Å². The van der Waals surface area contributed by atoms with Crippen LogP contribution in [0.5, 0.6) is 0 Å². The second-order valence-electron chi connectivity index (χ2n) is 5.10. The van der Waals surface area contributed by atoms with E-state index in [0.717, 1.165) is 31.7 Å². The molecule has 0 atom stereocenters.